The van der Waals surface area contributed by atoms with Gasteiger partial charge in [0.1, 0.15) is 6.61 Å². The van der Waals surface area contributed by atoms with Crippen LogP contribution in [0.3, 0.4) is 0 Å². The number of rotatable bonds is 7. The number of piperazine rings is 1. The van der Waals surface area contributed by atoms with E-state index in [4.69, 9.17) is 19.7 Å². The average Bonchev–Trinajstić information content (AvgIpc) is 3.78. The zero-order chi connectivity index (χ0) is 27.6. The lowest BCUT2D eigenvalue weighted by Gasteiger charge is -2.33. The number of aryl methyl sites for hydroxylation is 1. The third-order valence-corrected chi connectivity index (χ3v) is 10.4. The molecule has 41 heavy (non-hydrogen) atoms. The number of hydrogen-bond donors (Lipinski definition) is 1. The molecule has 0 radical (unpaired) electrons. The van der Waals surface area contributed by atoms with Crippen molar-refractivity contribution in [2.75, 3.05) is 37.7 Å². The van der Waals surface area contributed by atoms with Crippen LogP contribution in [0.2, 0.25) is 0 Å². The molecule has 2 bridgehead atoms. The summed E-state index contributed by atoms with van der Waals surface area (Å²) in [6.45, 7) is 9.43. The maximum Gasteiger partial charge on any atom is 0.247 e. The Morgan fingerprint density at radius 3 is 2.54 bits per heavy atom. The van der Waals surface area contributed by atoms with Gasteiger partial charge in [-0.25, -0.2) is 4.98 Å². The van der Waals surface area contributed by atoms with E-state index in [1.165, 1.54) is 73.5 Å². The molecule has 1 N–H and O–H groups in total. The van der Waals surface area contributed by atoms with Crippen molar-refractivity contribution in [2.24, 2.45) is 0 Å². The minimum atomic E-state index is 0.0601. The number of nitrogens with one attached hydrogen (secondary N) is 1. The number of hydrogen-bond acceptors (Lipinski definition) is 7. The zero-order valence-corrected chi connectivity index (χ0v) is 24.4. The van der Waals surface area contributed by atoms with Crippen LogP contribution in [0, 0.1) is 0 Å². The summed E-state index contributed by atoms with van der Waals surface area (Å²) < 4.78 is 8.94. The molecule has 4 aliphatic rings. The summed E-state index contributed by atoms with van der Waals surface area (Å²) in [5, 5.41) is 6.38. The van der Waals surface area contributed by atoms with Crippen LogP contribution in [0.4, 0.5) is 5.95 Å². The molecular formula is C33H41N7O. The van der Waals surface area contributed by atoms with Crippen LogP contribution in [0.5, 0.6) is 5.88 Å². The third kappa shape index (κ3) is 4.21. The second-order valence-electron chi connectivity index (χ2n) is 12.8. The molecule has 8 nitrogen and oxygen atoms in total. The van der Waals surface area contributed by atoms with Crippen molar-refractivity contribution in [1.29, 1.82) is 0 Å². The third-order valence-electron chi connectivity index (χ3n) is 10.4. The minimum absolute atomic E-state index is 0.0601. The smallest absolute Gasteiger partial charge is 0.247 e. The van der Waals surface area contributed by atoms with Crippen molar-refractivity contribution in [3.8, 4) is 5.88 Å². The monoisotopic (exact) mass is 551 g/mol. The van der Waals surface area contributed by atoms with Gasteiger partial charge < -0.3 is 19.5 Å². The fraction of sp³-hybridized carbons (Fsp3) is 0.545. The Balaban J connectivity index is 1.22. The number of fused-ring (bicyclic) bond motifs is 5. The molecular weight excluding hydrogens is 510 g/mol. The average molecular weight is 552 g/mol. The van der Waals surface area contributed by atoms with Gasteiger partial charge in [-0.15, -0.1) is 0 Å². The van der Waals surface area contributed by atoms with Crippen molar-refractivity contribution >= 4 is 27.9 Å². The van der Waals surface area contributed by atoms with Gasteiger partial charge in [0.25, 0.3) is 0 Å². The first-order chi connectivity index (χ1) is 20.1. The summed E-state index contributed by atoms with van der Waals surface area (Å²) in [5.41, 5.74) is 4.46. The highest BCUT2D eigenvalue weighted by Crippen LogP contribution is 2.40. The number of nitrogens with zero attached hydrogens (tertiary/aromatic N) is 6. The highest BCUT2D eigenvalue weighted by Gasteiger charge is 2.45. The van der Waals surface area contributed by atoms with Gasteiger partial charge in [0.15, 0.2) is 11.2 Å². The summed E-state index contributed by atoms with van der Waals surface area (Å²) in [7, 11) is 0. The van der Waals surface area contributed by atoms with Crippen molar-refractivity contribution in [1.82, 2.24) is 29.7 Å². The number of ether oxygens (including phenoxy) is 1. The highest BCUT2D eigenvalue weighted by atomic mass is 16.5. The molecule has 8 rings (SSSR count). The molecule has 4 aromatic rings. The number of imidazole rings is 1. The molecule has 0 spiro atoms. The van der Waals surface area contributed by atoms with E-state index < -0.39 is 0 Å². The standard InChI is InChI=1S/C33H41N7O/c1-3-23-8-4-9-24-10-5-11-27(28(23)24)22(2)40-21-34-29-30(40)36-32(38-18-25-12-13-26(19-38)35-25)37-31(29)41-20-33-14-6-16-39(33)17-7-15-33/h4-5,8-11,21-22,25-26,35H,3,6-7,12-20H2,1-2H3. The first-order valence-electron chi connectivity index (χ1n) is 15.8. The minimum Gasteiger partial charge on any atom is -0.474 e. The predicted octanol–water partition coefficient (Wildman–Crippen LogP) is 5.10. The lowest BCUT2D eigenvalue weighted by atomic mass is 9.94. The van der Waals surface area contributed by atoms with Crippen LogP contribution in [0.1, 0.15) is 69.5 Å². The summed E-state index contributed by atoms with van der Waals surface area (Å²) >= 11 is 0. The number of anilines is 1. The molecule has 8 heteroatoms. The maximum atomic E-state index is 6.70. The van der Waals surface area contributed by atoms with E-state index in [1.54, 1.807) is 0 Å². The van der Waals surface area contributed by atoms with E-state index >= 15 is 0 Å². The van der Waals surface area contributed by atoms with Crippen LogP contribution < -0.4 is 15.0 Å². The summed E-state index contributed by atoms with van der Waals surface area (Å²) in [6, 6.07) is 14.4. The SMILES string of the molecule is CCc1cccc2cccc(C(C)n3cnc4c(OCC56CCCN5CCC6)nc(N5CC6CCC(C5)N6)nc43)c12. The Morgan fingerprint density at radius 2 is 1.78 bits per heavy atom. The molecule has 4 saturated heterocycles. The van der Waals surface area contributed by atoms with Gasteiger partial charge in [-0.1, -0.05) is 43.3 Å². The second-order valence-corrected chi connectivity index (χ2v) is 12.8. The fourth-order valence-electron chi connectivity index (χ4n) is 8.27. The lowest BCUT2D eigenvalue weighted by molar-refractivity contribution is 0.111. The molecule has 6 heterocycles. The van der Waals surface area contributed by atoms with Crippen molar-refractivity contribution in [2.45, 2.75) is 82.5 Å². The molecule has 214 valence electrons. The van der Waals surface area contributed by atoms with E-state index in [0.29, 0.717) is 24.6 Å². The Labute approximate surface area is 242 Å². The first-order valence-corrected chi connectivity index (χ1v) is 15.8. The zero-order valence-electron chi connectivity index (χ0n) is 24.4. The molecule has 0 amide bonds. The largest absolute Gasteiger partial charge is 0.474 e. The van der Waals surface area contributed by atoms with E-state index in [-0.39, 0.29) is 11.6 Å². The van der Waals surface area contributed by atoms with E-state index in [9.17, 15) is 0 Å². The van der Waals surface area contributed by atoms with Crippen LogP contribution in [-0.2, 0) is 6.42 Å². The van der Waals surface area contributed by atoms with E-state index in [0.717, 1.165) is 36.6 Å². The molecule has 4 aliphatic heterocycles. The maximum absolute atomic E-state index is 6.70. The Kier molecular flexibility index (Phi) is 6.18. The molecule has 2 aromatic carbocycles. The summed E-state index contributed by atoms with van der Waals surface area (Å²) in [6.07, 6.45) is 10.3. The normalized spacial score (nSPS) is 24.4. The van der Waals surface area contributed by atoms with Gasteiger partial charge in [0, 0.05) is 25.2 Å². The van der Waals surface area contributed by atoms with Gasteiger partial charge in [-0.2, -0.15) is 9.97 Å². The molecule has 3 unspecified atom stereocenters. The lowest BCUT2D eigenvalue weighted by Crippen LogP contribution is -2.51. The van der Waals surface area contributed by atoms with Crippen molar-refractivity contribution in [3.05, 3.63) is 53.9 Å². The first kappa shape index (κ1) is 25.5. The van der Waals surface area contributed by atoms with Gasteiger partial charge in [0.2, 0.25) is 11.8 Å². The van der Waals surface area contributed by atoms with Crippen LogP contribution in [-0.4, -0.2) is 74.8 Å². The Morgan fingerprint density at radius 1 is 1.02 bits per heavy atom. The van der Waals surface area contributed by atoms with Crippen LogP contribution in [0.15, 0.2) is 42.7 Å². The molecule has 3 atom stereocenters. The topological polar surface area (TPSA) is 71.3 Å². The Hall–Kier alpha value is -3.23. The van der Waals surface area contributed by atoms with Gasteiger partial charge in [-0.3, -0.25) is 4.90 Å². The number of aromatic nitrogens is 4. The quantitative estimate of drug-likeness (QED) is 0.343. The molecule has 2 aromatic heterocycles. The molecule has 0 saturated carbocycles. The highest BCUT2D eigenvalue weighted by molar-refractivity contribution is 5.89. The summed E-state index contributed by atoms with van der Waals surface area (Å²) in [4.78, 5) is 20.2. The molecule has 4 fully saturated rings. The van der Waals surface area contributed by atoms with E-state index in [1.807, 2.05) is 6.33 Å². The van der Waals surface area contributed by atoms with Crippen molar-refractivity contribution < 1.29 is 4.74 Å². The summed E-state index contributed by atoms with van der Waals surface area (Å²) in [5.74, 6) is 1.42. The predicted molar refractivity (Wildman–Crippen MR) is 163 cm³/mol. The Bertz CT molecular complexity index is 1570. The number of benzene rings is 2. The van der Waals surface area contributed by atoms with Crippen LogP contribution >= 0.6 is 0 Å². The van der Waals surface area contributed by atoms with Crippen LogP contribution in [0.25, 0.3) is 21.9 Å². The van der Waals surface area contributed by atoms with Gasteiger partial charge >= 0.3 is 0 Å². The van der Waals surface area contributed by atoms with E-state index in [2.05, 4.69) is 69.9 Å². The van der Waals surface area contributed by atoms with Crippen molar-refractivity contribution in [3.63, 3.8) is 0 Å². The second kappa shape index (κ2) is 9.95. The molecule has 0 aliphatic carbocycles. The fourth-order valence-corrected chi connectivity index (χ4v) is 8.27. The van der Waals surface area contributed by atoms with Gasteiger partial charge in [0.05, 0.1) is 17.9 Å². The van der Waals surface area contributed by atoms with Gasteiger partial charge in [-0.05, 0) is 86.9 Å².